The van der Waals surface area contributed by atoms with E-state index in [1.165, 1.54) is 32.1 Å². The molecule has 4 nitrogen and oxygen atoms in total. The molecule has 0 rings (SSSR count). The third-order valence-electron chi connectivity index (χ3n) is 4.58. The fraction of sp³-hybridized carbons (Fsp3) is 1.00. The summed E-state index contributed by atoms with van der Waals surface area (Å²) in [6.07, 6.45) is 11.7. The van der Waals surface area contributed by atoms with Gasteiger partial charge in [0.05, 0.1) is 25.9 Å². The Labute approximate surface area is 143 Å². The van der Waals surface area contributed by atoms with E-state index < -0.39 is 6.10 Å². The fourth-order valence-corrected chi connectivity index (χ4v) is 2.41. The summed E-state index contributed by atoms with van der Waals surface area (Å²) in [5.41, 5.74) is -0.212. The highest BCUT2D eigenvalue weighted by molar-refractivity contribution is 4.75. The van der Waals surface area contributed by atoms with E-state index in [9.17, 15) is 0 Å². The average molecular weight is 335 g/mol. The van der Waals surface area contributed by atoms with Crippen LogP contribution in [0.3, 0.4) is 0 Å². The summed E-state index contributed by atoms with van der Waals surface area (Å²) in [4.78, 5) is 0. The predicted molar refractivity (Wildman–Crippen MR) is 97.5 cm³/mol. The molecule has 0 aromatic carbocycles. The molecule has 0 bridgehead atoms. The SMILES string of the molecule is CCCCC(CC)(CO)CO.CCCCCCCCC(O)CO. The van der Waals surface area contributed by atoms with Gasteiger partial charge in [-0.2, -0.15) is 0 Å². The van der Waals surface area contributed by atoms with Crippen LogP contribution in [0.1, 0.15) is 91.4 Å². The molecule has 4 N–H and O–H groups in total. The highest BCUT2D eigenvalue weighted by atomic mass is 16.3. The molecule has 0 aliphatic heterocycles. The quantitative estimate of drug-likeness (QED) is 0.366. The first-order chi connectivity index (χ1) is 11.1. The molecule has 142 valence electrons. The van der Waals surface area contributed by atoms with Crippen molar-refractivity contribution in [1.29, 1.82) is 0 Å². The molecule has 1 atom stereocenters. The van der Waals surface area contributed by atoms with E-state index in [1.54, 1.807) is 0 Å². The Kier molecular flexibility index (Phi) is 19.8. The molecule has 0 saturated carbocycles. The number of aliphatic hydroxyl groups excluding tert-OH is 4. The molecule has 1 unspecified atom stereocenters. The Morgan fingerprint density at radius 2 is 1.26 bits per heavy atom. The van der Waals surface area contributed by atoms with Crippen molar-refractivity contribution in [3.8, 4) is 0 Å². The second-order valence-corrected chi connectivity index (χ2v) is 6.67. The number of rotatable bonds is 14. The van der Waals surface area contributed by atoms with Crippen LogP contribution in [0.15, 0.2) is 0 Å². The molecule has 4 heteroatoms. The van der Waals surface area contributed by atoms with Crippen LogP contribution in [0.4, 0.5) is 0 Å². The van der Waals surface area contributed by atoms with E-state index in [0.717, 1.165) is 38.5 Å². The normalized spacial score (nSPS) is 12.7. The smallest absolute Gasteiger partial charge is 0.0770 e. The molecule has 0 heterocycles. The topological polar surface area (TPSA) is 80.9 Å². The van der Waals surface area contributed by atoms with Gasteiger partial charge in [0.2, 0.25) is 0 Å². The van der Waals surface area contributed by atoms with Gasteiger partial charge < -0.3 is 20.4 Å². The lowest BCUT2D eigenvalue weighted by atomic mass is 9.82. The van der Waals surface area contributed by atoms with E-state index >= 15 is 0 Å². The molecule has 0 fully saturated rings. The zero-order valence-corrected chi connectivity index (χ0v) is 15.8. The minimum Gasteiger partial charge on any atom is -0.396 e. The van der Waals surface area contributed by atoms with Crippen molar-refractivity contribution in [3.63, 3.8) is 0 Å². The Morgan fingerprint density at radius 3 is 1.70 bits per heavy atom. The van der Waals surface area contributed by atoms with E-state index in [4.69, 9.17) is 20.4 Å². The maximum atomic E-state index is 9.04. The third-order valence-corrected chi connectivity index (χ3v) is 4.58. The number of unbranched alkanes of at least 4 members (excludes halogenated alkanes) is 6. The maximum absolute atomic E-state index is 9.04. The third kappa shape index (κ3) is 15.1. The maximum Gasteiger partial charge on any atom is 0.0770 e. The van der Waals surface area contributed by atoms with Gasteiger partial charge in [-0.15, -0.1) is 0 Å². The number of hydrogen-bond donors (Lipinski definition) is 4. The monoisotopic (exact) mass is 334 g/mol. The minimum absolute atomic E-state index is 0.0883. The van der Waals surface area contributed by atoms with Crippen molar-refractivity contribution in [3.05, 3.63) is 0 Å². The van der Waals surface area contributed by atoms with Gasteiger partial charge in [-0.05, 0) is 19.3 Å². The molecule has 0 spiro atoms. The van der Waals surface area contributed by atoms with Gasteiger partial charge in [-0.3, -0.25) is 0 Å². The molecule has 0 saturated heterocycles. The Balaban J connectivity index is 0. The summed E-state index contributed by atoms with van der Waals surface area (Å²) >= 11 is 0. The fourth-order valence-electron chi connectivity index (χ4n) is 2.41. The second kappa shape index (κ2) is 18.2. The van der Waals surface area contributed by atoms with E-state index in [1.807, 2.05) is 6.92 Å². The predicted octanol–water partition coefficient (Wildman–Crippen LogP) is 3.65. The Bertz CT molecular complexity index is 209. The number of aliphatic hydroxyl groups is 4. The molecule has 0 aliphatic rings. The van der Waals surface area contributed by atoms with Crippen molar-refractivity contribution < 1.29 is 20.4 Å². The van der Waals surface area contributed by atoms with E-state index in [2.05, 4.69) is 13.8 Å². The summed E-state index contributed by atoms with van der Waals surface area (Å²) in [6, 6.07) is 0. The molecule has 23 heavy (non-hydrogen) atoms. The molecular formula is C19H42O4. The van der Waals surface area contributed by atoms with Crippen LogP contribution in [-0.2, 0) is 0 Å². The van der Waals surface area contributed by atoms with Gasteiger partial charge in [0, 0.05) is 5.41 Å². The number of hydrogen-bond acceptors (Lipinski definition) is 4. The summed E-state index contributed by atoms with van der Waals surface area (Å²) in [6.45, 7) is 6.47. The minimum atomic E-state index is -0.490. The van der Waals surface area contributed by atoms with Gasteiger partial charge >= 0.3 is 0 Å². The molecular weight excluding hydrogens is 292 g/mol. The van der Waals surface area contributed by atoms with Crippen LogP contribution in [0.5, 0.6) is 0 Å². The first-order valence-electron chi connectivity index (χ1n) is 9.56. The van der Waals surface area contributed by atoms with Crippen LogP contribution < -0.4 is 0 Å². The zero-order chi connectivity index (χ0) is 18.0. The highest BCUT2D eigenvalue weighted by Gasteiger charge is 2.25. The van der Waals surface area contributed by atoms with Crippen molar-refractivity contribution in [1.82, 2.24) is 0 Å². The lowest BCUT2D eigenvalue weighted by molar-refractivity contribution is 0.0420. The van der Waals surface area contributed by atoms with Crippen molar-refractivity contribution >= 4 is 0 Å². The van der Waals surface area contributed by atoms with Crippen LogP contribution in [0, 0.1) is 5.41 Å². The zero-order valence-electron chi connectivity index (χ0n) is 15.8. The van der Waals surface area contributed by atoms with Crippen molar-refractivity contribution in [2.24, 2.45) is 5.41 Å². The molecule has 0 aliphatic carbocycles. The average Bonchev–Trinajstić information content (AvgIpc) is 2.60. The standard InChI is InChI=1S/C10H22O2.C9H20O2/c1-2-3-4-5-6-7-8-10(12)9-11;1-3-5-6-9(4-2,7-10)8-11/h10-12H,2-9H2,1H3;10-11H,3-8H2,1-2H3. The molecule has 0 aromatic rings. The molecule has 0 amide bonds. The van der Waals surface area contributed by atoms with Crippen LogP contribution in [0.2, 0.25) is 0 Å². The van der Waals surface area contributed by atoms with Gasteiger partial charge in [-0.1, -0.05) is 72.1 Å². The highest BCUT2D eigenvalue weighted by Crippen LogP contribution is 2.27. The van der Waals surface area contributed by atoms with Crippen LogP contribution in [-0.4, -0.2) is 46.4 Å². The van der Waals surface area contributed by atoms with Gasteiger partial charge in [0.25, 0.3) is 0 Å². The van der Waals surface area contributed by atoms with E-state index in [0.29, 0.717) is 0 Å². The lowest BCUT2D eigenvalue weighted by Gasteiger charge is -2.27. The summed E-state index contributed by atoms with van der Waals surface area (Å²) in [7, 11) is 0. The first kappa shape index (κ1) is 25.1. The molecule has 0 radical (unpaired) electrons. The first-order valence-corrected chi connectivity index (χ1v) is 9.56. The Hall–Kier alpha value is -0.160. The lowest BCUT2D eigenvalue weighted by Crippen LogP contribution is -2.28. The Morgan fingerprint density at radius 1 is 0.739 bits per heavy atom. The van der Waals surface area contributed by atoms with Crippen molar-refractivity contribution in [2.45, 2.75) is 97.5 Å². The van der Waals surface area contributed by atoms with Crippen LogP contribution >= 0.6 is 0 Å². The van der Waals surface area contributed by atoms with Gasteiger partial charge in [0.1, 0.15) is 0 Å². The van der Waals surface area contributed by atoms with Gasteiger partial charge in [0.15, 0.2) is 0 Å². The van der Waals surface area contributed by atoms with E-state index in [-0.39, 0.29) is 25.2 Å². The van der Waals surface area contributed by atoms with Gasteiger partial charge in [-0.25, -0.2) is 0 Å². The largest absolute Gasteiger partial charge is 0.396 e. The van der Waals surface area contributed by atoms with Crippen LogP contribution in [0.25, 0.3) is 0 Å². The summed E-state index contributed by atoms with van der Waals surface area (Å²) in [5, 5.41) is 35.6. The van der Waals surface area contributed by atoms with Crippen molar-refractivity contribution in [2.75, 3.05) is 19.8 Å². The second-order valence-electron chi connectivity index (χ2n) is 6.67. The summed E-state index contributed by atoms with van der Waals surface area (Å²) < 4.78 is 0. The summed E-state index contributed by atoms with van der Waals surface area (Å²) in [5.74, 6) is 0. The molecule has 0 aromatic heterocycles.